The number of allylic oxidation sites excluding steroid dienone is 3. The quantitative estimate of drug-likeness (QED) is 0.0320. The molecule has 0 bridgehead atoms. The zero-order chi connectivity index (χ0) is 55.0. The lowest BCUT2D eigenvalue weighted by molar-refractivity contribution is -0.143. The topological polar surface area (TPSA) is 95.9 Å². The van der Waals surface area contributed by atoms with Crippen LogP contribution in [0.5, 0.6) is 0 Å². The summed E-state index contributed by atoms with van der Waals surface area (Å²) in [6.07, 6.45) is 82.6. The number of nitrogens with one attached hydrogen (secondary N) is 1. The van der Waals surface area contributed by atoms with Gasteiger partial charge in [0.1, 0.15) is 0 Å². The van der Waals surface area contributed by atoms with Crippen LogP contribution >= 0.6 is 0 Å². The van der Waals surface area contributed by atoms with Crippen molar-refractivity contribution in [3.8, 4) is 0 Å². The molecule has 0 aliphatic rings. The van der Waals surface area contributed by atoms with E-state index in [4.69, 9.17) is 4.74 Å². The van der Waals surface area contributed by atoms with Gasteiger partial charge < -0.3 is 20.3 Å². The SMILES string of the molecule is CCCCCCCCCCCCCCCCC/C=C/C(O)C(CO)NC(=O)CCCCCCCCCCCCCCCCC/C=C\CCCCCCCCCCCCCCOC(=O)CCCCCCCCCCCCC. The third-order valence-corrected chi connectivity index (χ3v) is 16.2. The van der Waals surface area contributed by atoms with E-state index in [-0.39, 0.29) is 18.5 Å². The molecule has 6 nitrogen and oxygen atoms in total. The monoisotopic (exact) mass is 1070 g/mol. The van der Waals surface area contributed by atoms with Crippen molar-refractivity contribution in [2.24, 2.45) is 0 Å². The Bertz CT molecular complexity index is 1190. The number of carbonyl (C=O) groups is 2. The van der Waals surface area contributed by atoms with Crippen LogP contribution in [-0.4, -0.2) is 47.4 Å². The lowest BCUT2D eigenvalue weighted by Crippen LogP contribution is -2.45. The Balaban J connectivity index is 3.38. The molecule has 0 aromatic carbocycles. The summed E-state index contributed by atoms with van der Waals surface area (Å²) in [5.74, 6) is -0.0452. The van der Waals surface area contributed by atoms with Crippen LogP contribution in [0.3, 0.4) is 0 Å². The highest BCUT2D eigenvalue weighted by atomic mass is 16.5. The smallest absolute Gasteiger partial charge is 0.305 e. The van der Waals surface area contributed by atoms with Crippen LogP contribution < -0.4 is 5.32 Å². The number of aliphatic hydroxyl groups excluding tert-OH is 2. The van der Waals surface area contributed by atoms with E-state index in [0.29, 0.717) is 19.4 Å². The van der Waals surface area contributed by atoms with Crippen LogP contribution in [0, 0.1) is 0 Å². The lowest BCUT2D eigenvalue weighted by atomic mass is 10.0. The molecule has 76 heavy (non-hydrogen) atoms. The molecular formula is C70H135NO5. The van der Waals surface area contributed by atoms with Gasteiger partial charge in [-0.25, -0.2) is 0 Å². The summed E-state index contributed by atoms with van der Waals surface area (Å²) >= 11 is 0. The summed E-state index contributed by atoms with van der Waals surface area (Å²) in [6, 6.07) is -0.626. The van der Waals surface area contributed by atoms with Gasteiger partial charge in [-0.1, -0.05) is 340 Å². The fraction of sp³-hybridized carbons (Fsp3) is 0.914. The fourth-order valence-corrected chi connectivity index (χ4v) is 10.9. The van der Waals surface area contributed by atoms with Crippen molar-refractivity contribution in [3.63, 3.8) is 0 Å². The molecule has 1 amide bonds. The minimum absolute atomic E-state index is 0.0176. The number of ether oxygens (including phenoxy) is 1. The van der Waals surface area contributed by atoms with Crippen LogP contribution in [0.15, 0.2) is 24.3 Å². The normalized spacial score (nSPS) is 12.6. The van der Waals surface area contributed by atoms with Crippen molar-refractivity contribution < 1.29 is 24.5 Å². The molecule has 0 saturated carbocycles. The molecule has 0 fully saturated rings. The van der Waals surface area contributed by atoms with Crippen LogP contribution in [0.2, 0.25) is 0 Å². The Morgan fingerprint density at radius 1 is 0.355 bits per heavy atom. The second-order valence-corrected chi connectivity index (χ2v) is 23.9. The van der Waals surface area contributed by atoms with E-state index in [1.807, 2.05) is 6.08 Å². The first-order valence-electron chi connectivity index (χ1n) is 34.6. The van der Waals surface area contributed by atoms with E-state index < -0.39 is 12.1 Å². The minimum atomic E-state index is -0.843. The number of carbonyl (C=O) groups excluding carboxylic acids is 2. The third kappa shape index (κ3) is 61.6. The zero-order valence-corrected chi connectivity index (χ0v) is 51.5. The molecule has 0 aromatic heterocycles. The first kappa shape index (κ1) is 74.3. The highest BCUT2D eigenvalue weighted by molar-refractivity contribution is 5.76. The van der Waals surface area contributed by atoms with E-state index >= 15 is 0 Å². The molecule has 0 radical (unpaired) electrons. The van der Waals surface area contributed by atoms with Gasteiger partial charge in [-0.2, -0.15) is 0 Å². The van der Waals surface area contributed by atoms with Crippen molar-refractivity contribution >= 4 is 11.9 Å². The van der Waals surface area contributed by atoms with E-state index in [9.17, 15) is 19.8 Å². The summed E-state index contributed by atoms with van der Waals surface area (Å²) in [7, 11) is 0. The van der Waals surface area contributed by atoms with Gasteiger partial charge in [-0.3, -0.25) is 9.59 Å². The summed E-state index contributed by atoms with van der Waals surface area (Å²) in [5.41, 5.74) is 0. The van der Waals surface area contributed by atoms with E-state index in [1.54, 1.807) is 6.08 Å². The molecule has 6 heteroatoms. The van der Waals surface area contributed by atoms with Crippen LogP contribution in [-0.2, 0) is 14.3 Å². The average Bonchev–Trinajstić information content (AvgIpc) is 3.42. The van der Waals surface area contributed by atoms with Crippen LogP contribution in [0.25, 0.3) is 0 Å². The Hall–Kier alpha value is -1.66. The molecule has 0 spiro atoms. The molecule has 0 aliphatic carbocycles. The van der Waals surface area contributed by atoms with Gasteiger partial charge in [-0.05, 0) is 57.8 Å². The first-order chi connectivity index (χ1) is 37.5. The summed E-state index contributed by atoms with van der Waals surface area (Å²) in [5, 5.41) is 23.2. The molecule has 0 aliphatic heterocycles. The highest BCUT2D eigenvalue weighted by Gasteiger charge is 2.18. The highest BCUT2D eigenvalue weighted by Crippen LogP contribution is 2.18. The second-order valence-electron chi connectivity index (χ2n) is 23.9. The number of hydrogen-bond donors (Lipinski definition) is 3. The van der Waals surface area contributed by atoms with Gasteiger partial charge in [-0.15, -0.1) is 0 Å². The van der Waals surface area contributed by atoms with Crippen molar-refractivity contribution in [3.05, 3.63) is 24.3 Å². The molecule has 450 valence electrons. The maximum absolute atomic E-state index is 12.5. The number of aliphatic hydroxyl groups is 2. The molecule has 2 unspecified atom stereocenters. The fourth-order valence-electron chi connectivity index (χ4n) is 10.9. The molecule has 0 heterocycles. The van der Waals surface area contributed by atoms with E-state index in [0.717, 1.165) is 38.5 Å². The lowest BCUT2D eigenvalue weighted by Gasteiger charge is -2.20. The number of rotatable bonds is 65. The average molecular weight is 1070 g/mol. The van der Waals surface area contributed by atoms with Crippen molar-refractivity contribution in [1.82, 2.24) is 5.32 Å². The van der Waals surface area contributed by atoms with Crippen molar-refractivity contribution in [2.75, 3.05) is 13.2 Å². The van der Waals surface area contributed by atoms with Gasteiger partial charge in [0.25, 0.3) is 0 Å². The third-order valence-electron chi connectivity index (χ3n) is 16.2. The van der Waals surface area contributed by atoms with Gasteiger partial charge in [0, 0.05) is 12.8 Å². The second kappa shape index (κ2) is 65.9. The maximum atomic E-state index is 12.5. The predicted octanol–water partition coefficient (Wildman–Crippen LogP) is 22.1. The summed E-state index contributed by atoms with van der Waals surface area (Å²) < 4.78 is 5.47. The minimum Gasteiger partial charge on any atom is -0.466 e. The molecule has 2 atom stereocenters. The van der Waals surface area contributed by atoms with Crippen LogP contribution in [0.1, 0.15) is 386 Å². The molecule has 0 aromatic rings. The number of hydrogen-bond acceptors (Lipinski definition) is 5. The first-order valence-corrected chi connectivity index (χ1v) is 34.6. The Labute approximate surface area is 475 Å². The molecule has 3 N–H and O–H groups in total. The molecule has 0 saturated heterocycles. The number of unbranched alkanes of at least 4 members (excludes halogenated alkanes) is 52. The van der Waals surface area contributed by atoms with E-state index in [1.165, 1.54) is 321 Å². The van der Waals surface area contributed by atoms with E-state index in [2.05, 4.69) is 31.3 Å². The van der Waals surface area contributed by atoms with Gasteiger partial charge in [0.2, 0.25) is 5.91 Å². The largest absolute Gasteiger partial charge is 0.466 e. The summed E-state index contributed by atoms with van der Waals surface area (Å²) in [6.45, 7) is 4.93. The van der Waals surface area contributed by atoms with Crippen molar-refractivity contribution in [1.29, 1.82) is 0 Å². The molecular weight excluding hydrogens is 935 g/mol. The molecule has 0 rings (SSSR count). The van der Waals surface area contributed by atoms with Crippen LogP contribution in [0.4, 0.5) is 0 Å². The Morgan fingerprint density at radius 3 is 0.934 bits per heavy atom. The number of amides is 1. The van der Waals surface area contributed by atoms with Gasteiger partial charge in [0.15, 0.2) is 0 Å². The summed E-state index contributed by atoms with van der Waals surface area (Å²) in [4.78, 5) is 24.5. The van der Waals surface area contributed by atoms with Crippen molar-refractivity contribution in [2.45, 2.75) is 398 Å². The Kier molecular flexibility index (Phi) is 64.4. The maximum Gasteiger partial charge on any atom is 0.305 e. The standard InChI is InChI=1S/C70H135NO5/c1-3-5-7-9-11-13-15-16-17-33-36-39-43-46-50-54-58-62-68(73)67(66-72)71-69(74)63-59-55-51-47-44-40-37-34-31-29-27-25-23-21-19-18-20-22-24-26-28-30-32-35-38-41-45-49-53-57-61-65-76-70(75)64-60-56-52-48-42-14-12-10-8-6-4-2/h20,22,58,62,67-68,72-73H,3-19,21,23-57,59-61,63-66H2,1-2H3,(H,71,74)/b22-20-,62-58+. The zero-order valence-electron chi connectivity index (χ0n) is 51.5. The predicted molar refractivity (Wildman–Crippen MR) is 333 cm³/mol. The van der Waals surface area contributed by atoms with Gasteiger partial charge in [0.05, 0.1) is 25.4 Å². The Morgan fingerprint density at radius 2 is 0.618 bits per heavy atom. The van der Waals surface area contributed by atoms with Gasteiger partial charge >= 0.3 is 5.97 Å². The number of esters is 1.